The molecule has 0 fully saturated rings. The van der Waals surface area contributed by atoms with Gasteiger partial charge >= 0.3 is 0 Å². The Hall–Kier alpha value is -3.54. The van der Waals surface area contributed by atoms with E-state index < -0.39 is 0 Å². The fourth-order valence-corrected chi connectivity index (χ4v) is 2.94. The lowest BCUT2D eigenvalue weighted by atomic mass is 10.2. The second-order valence-electron chi connectivity index (χ2n) is 6.25. The number of benzene rings is 2. The van der Waals surface area contributed by atoms with Crippen molar-refractivity contribution in [3.05, 3.63) is 78.1 Å². The summed E-state index contributed by atoms with van der Waals surface area (Å²) in [6.07, 6.45) is 5.32. The van der Waals surface area contributed by atoms with E-state index in [1.807, 2.05) is 47.3 Å². The van der Waals surface area contributed by atoms with Crippen LogP contribution in [0.5, 0.6) is 5.75 Å². The highest BCUT2D eigenvalue weighted by atomic mass is 16.3. The van der Waals surface area contributed by atoms with Gasteiger partial charge in [-0.1, -0.05) is 0 Å². The van der Waals surface area contributed by atoms with Gasteiger partial charge in [-0.05, 0) is 62.4 Å². The summed E-state index contributed by atoms with van der Waals surface area (Å²) in [6.45, 7) is 5.86. The molecule has 0 aliphatic carbocycles. The Morgan fingerprint density at radius 3 is 2.39 bits per heavy atom. The first-order valence-electron chi connectivity index (χ1n) is 9.27. The Balaban J connectivity index is 1.63. The van der Waals surface area contributed by atoms with Crippen molar-refractivity contribution in [2.75, 3.05) is 18.0 Å². The minimum Gasteiger partial charge on any atom is -0.507 e. The molecule has 0 radical (unpaired) electrons. The number of phenolic OH excluding ortho intramolecular Hbond substituents is 1. The minimum atomic E-state index is -0.311. The van der Waals surface area contributed by atoms with Gasteiger partial charge in [0, 0.05) is 54.1 Å². The smallest absolute Gasteiger partial charge is 0.271 e. The predicted molar refractivity (Wildman–Crippen MR) is 112 cm³/mol. The van der Waals surface area contributed by atoms with Crippen LogP contribution in [0.4, 0.5) is 5.69 Å². The molecule has 1 heterocycles. The van der Waals surface area contributed by atoms with E-state index in [0.717, 1.165) is 24.5 Å². The summed E-state index contributed by atoms with van der Waals surface area (Å²) in [4.78, 5) is 14.4. The molecule has 0 saturated heterocycles. The van der Waals surface area contributed by atoms with Crippen molar-refractivity contribution in [1.82, 2.24) is 9.99 Å². The molecule has 6 heteroatoms. The van der Waals surface area contributed by atoms with E-state index in [9.17, 15) is 9.90 Å². The summed E-state index contributed by atoms with van der Waals surface area (Å²) >= 11 is 0. The first-order chi connectivity index (χ1) is 13.6. The zero-order valence-corrected chi connectivity index (χ0v) is 16.0. The number of rotatable bonds is 7. The van der Waals surface area contributed by atoms with Crippen molar-refractivity contribution in [2.45, 2.75) is 13.8 Å². The molecule has 3 rings (SSSR count). The summed E-state index contributed by atoms with van der Waals surface area (Å²) in [7, 11) is 0. The molecule has 3 aromatic rings. The van der Waals surface area contributed by atoms with Crippen LogP contribution in [0.3, 0.4) is 0 Å². The average Bonchev–Trinajstić information content (AvgIpc) is 3.25. The molecule has 1 aromatic heterocycles. The summed E-state index contributed by atoms with van der Waals surface area (Å²) in [5.74, 6) is -0.187. The largest absolute Gasteiger partial charge is 0.507 e. The number of hydrogen-bond acceptors (Lipinski definition) is 4. The number of aromatic hydroxyl groups is 1. The number of amides is 1. The molecule has 144 valence electrons. The van der Waals surface area contributed by atoms with E-state index in [0.29, 0.717) is 11.1 Å². The van der Waals surface area contributed by atoms with Crippen molar-refractivity contribution in [3.8, 4) is 11.4 Å². The molecular weight excluding hydrogens is 352 g/mol. The maximum atomic E-state index is 12.2. The van der Waals surface area contributed by atoms with E-state index in [2.05, 4.69) is 29.3 Å². The molecule has 0 aliphatic heterocycles. The number of hydrogen-bond donors (Lipinski definition) is 2. The summed E-state index contributed by atoms with van der Waals surface area (Å²) < 4.78 is 1.96. The van der Waals surface area contributed by atoms with Gasteiger partial charge in [0.1, 0.15) is 5.75 Å². The van der Waals surface area contributed by atoms with E-state index >= 15 is 0 Å². The molecule has 2 aromatic carbocycles. The van der Waals surface area contributed by atoms with Gasteiger partial charge in [-0.3, -0.25) is 4.79 Å². The Bertz CT molecular complexity index is 943. The van der Waals surface area contributed by atoms with Gasteiger partial charge in [-0.2, -0.15) is 5.10 Å². The number of carbonyl (C=O) groups excluding carboxylic acids is 1. The molecule has 1 amide bonds. The average molecular weight is 376 g/mol. The fraction of sp³-hybridized carbons (Fsp3) is 0.182. The monoisotopic (exact) mass is 376 g/mol. The Kier molecular flexibility index (Phi) is 6.11. The van der Waals surface area contributed by atoms with Gasteiger partial charge in [0.2, 0.25) is 0 Å². The molecule has 2 N–H and O–H groups in total. The first kappa shape index (κ1) is 19.2. The fourth-order valence-electron chi connectivity index (χ4n) is 2.94. The van der Waals surface area contributed by atoms with E-state index in [1.165, 1.54) is 6.21 Å². The highest BCUT2D eigenvalue weighted by Crippen LogP contribution is 2.23. The van der Waals surface area contributed by atoms with E-state index in [-0.39, 0.29) is 11.7 Å². The van der Waals surface area contributed by atoms with Crippen LogP contribution in [0.25, 0.3) is 5.69 Å². The topological polar surface area (TPSA) is 69.9 Å². The molecule has 0 spiro atoms. The standard InChI is InChI=1S/C22H24N4O2/c1-3-25(4-2)20-12-9-18(21(27)15-20)16-23-24-22(28)17-7-10-19(11-8-17)26-13-5-6-14-26/h5-16,27H,3-4H2,1-2H3,(H,24,28)/b23-16-. The normalized spacial score (nSPS) is 10.9. The van der Waals surface area contributed by atoms with Gasteiger partial charge in [0.25, 0.3) is 5.91 Å². The van der Waals surface area contributed by atoms with Crippen LogP contribution < -0.4 is 10.3 Å². The Labute approximate surface area is 164 Å². The van der Waals surface area contributed by atoms with Crippen molar-refractivity contribution in [1.29, 1.82) is 0 Å². The lowest BCUT2D eigenvalue weighted by Gasteiger charge is -2.21. The molecule has 0 saturated carbocycles. The number of anilines is 1. The Morgan fingerprint density at radius 2 is 1.79 bits per heavy atom. The van der Waals surface area contributed by atoms with Crippen LogP contribution in [0.2, 0.25) is 0 Å². The lowest BCUT2D eigenvalue weighted by Crippen LogP contribution is -2.21. The zero-order valence-electron chi connectivity index (χ0n) is 16.0. The third-order valence-corrected chi connectivity index (χ3v) is 4.54. The summed E-state index contributed by atoms with van der Waals surface area (Å²) in [5, 5.41) is 14.2. The summed E-state index contributed by atoms with van der Waals surface area (Å²) in [6, 6.07) is 16.5. The van der Waals surface area contributed by atoms with Gasteiger partial charge in [0.05, 0.1) is 6.21 Å². The van der Waals surface area contributed by atoms with Crippen LogP contribution in [0.1, 0.15) is 29.8 Å². The molecule has 0 atom stereocenters. The lowest BCUT2D eigenvalue weighted by molar-refractivity contribution is 0.0955. The van der Waals surface area contributed by atoms with E-state index in [1.54, 1.807) is 24.3 Å². The van der Waals surface area contributed by atoms with Gasteiger partial charge in [-0.25, -0.2) is 5.43 Å². The zero-order chi connectivity index (χ0) is 19.9. The second kappa shape index (κ2) is 8.90. The molecule has 0 aliphatic rings. The highest BCUT2D eigenvalue weighted by molar-refractivity contribution is 5.95. The number of aromatic nitrogens is 1. The SMILES string of the molecule is CCN(CC)c1ccc(/C=N\NC(=O)c2ccc(-n3cccc3)cc2)c(O)c1. The molecule has 28 heavy (non-hydrogen) atoms. The molecule has 0 unspecified atom stereocenters. The van der Waals surface area contributed by atoms with Crippen molar-refractivity contribution >= 4 is 17.8 Å². The molecular formula is C22H24N4O2. The predicted octanol–water partition coefficient (Wildman–Crippen LogP) is 3.79. The Morgan fingerprint density at radius 1 is 1.11 bits per heavy atom. The van der Waals surface area contributed by atoms with E-state index in [4.69, 9.17) is 0 Å². The third-order valence-electron chi connectivity index (χ3n) is 4.54. The number of hydrazone groups is 1. The molecule has 0 bridgehead atoms. The van der Waals surface area contributed by atoms with Crippen molar-refractivity contribution < 1.29 is 9.90 Å². The van der Waals surface area contributed by atoms with Gasteiger partial charge in [0.15, 0.2) is 0 Å². The second-order valence-corrected chi connectivity index (χ2v) is 6.25. The van der Waals surface area contributed by atoms with Crippen molar-refractivity contribution in [2.24, 2.45) is 5.10 Å². The van der Waals surface area contributed by atoms with Crippen molar-refractivity contribution in [3.63, 3.8) is 0 Å². The highest BCUT2D eigenvalue weighted by Gasteiger charge is 2.07. The maximum absolute atomic E-state index is 12.2. The molecule has 6 nitrogen and oxygen atoms in total. The third kappa shape index (κ3) is 4.40. The number of nitrogens with zero attached hydrogens (tertiary/aromatic N) is 3. The van der Waals surface area contributed by atoms with Crippen LogP contribution in [0.15, 0.2) is 72.1 Å². The first-order valence-corrected chi connectivity index (χ1v) is 9.27. The minimum absolute atomic E-state index is 0.124. The summed E-state index contributed by atoms with van der Waals surface area (Å²) in [5.41, 5.74) is 5.47. The number of nitrogens with one attached hydrogen (secondary N) is 1. The van der Waals surface area contributed by atoms with Crippen LogP contribution in [0, 0.1) is 0 Å². The van der Waals surface area contributed by atoms with Gasteiger partial charge < -0.3 is 14.6 Å². The van der Waals surface area contributed by atoms with Crippen LogP contribution in [-0.4, -0.2) is 34.9 Å². The quantitative estimate of drug-likeness (QED) is 0.487. The number of phenols is 1. The maximum Gasteiger partial charge on any atom is 0.271 e. The van der Waals surface area contributed by atoms with Crippen LogP contribution in [-0.2, 0) is 0 Å². The van der Waals surface area contributed by atoms with Gasteiger partial charge in [-0.15, -0.1) is 0 Å². The van der Waals surface area contributed by atoms with Crippen LogP contribution >= 0.6 is 0 Å². The number of carbonyl (C=O) groups is 1.